The van der Waals surface area contributed by atoms with Gasteiger partial charge in [-0.05, 0) is 38.1 Å². The molecule has 0 radical (unpaired) electrons. The number of rotatable bonds is 4. The Morgan fingerprint density at radius 3 is 2.67 bits per heavy atom. The van der Waals surface area contributed by atoms with Crippen LogP contribution in [0.1, 0.15) is 29.0 Å². The zero-order valence-electron chi connectivity index (χ0n) is 14.2. The van der Waals surface area contributed by atoms with E-state index in [4.69, 9.17) is 9.26 Å². The number of hydrogen-bond donors (Lipinski definition) is 0. The number of piperazine rings is 1. The second kappa shape index (κ2) is 7.00. The summed E-state index contributed by atoms with van der Waals surface area (Å²) in [7, 11) is 1.39. The van der Waals surface area contributed by atoms with Gasteiger partial charge in [-0.1, -0.05) is 5.16 Å². The van der Waals surface area contributed by atoms with E-state index in [0.717, 1.165) is 25.3 Å². The molecule has 0 spiro atoms. The van der Waals surface area contributed by atoms with E-state index in [0.29, 0.717) is 29.9 Å². The molecule has 3 rings (SSSR count). The fraction of sp³-hybridized carbons (Fsp3) is 0.471. The Hall–Kier alpha value is -2.41. The maximum Gasteiger partial charge on any atom is 0.337 e. The first-order valence-corrected chi connectivity index (χ1v) is 8.03. The molecule has 2 aromatic rings. The van der Waals surface area contributed by atoms with Crippen LogP contribution in [0.15, 0.2) is 28.8 Å². The molecule has 1 aliphatic heterocycles. The molecule has 7 nitrogen and oxygen atoms in total. The SMILES string of the molecule is COC(=O)c1ccc(N2CCN(Cc3nc(C)no3)[C@H](C)C2)cc1. The third-order valence-electron chi connectivity index (χ3n) is 4.33. The number of methoxy groups -OCH3 is 1. The number of carbonyl (C=O) groups excluding carboxylic acids is 1. The average Bonchev–Trinajstić information content (AvgIpc) is 3.01. The first kappa shape index (κ1) is 16.4. The highest BCUT2D eigenvalue weighted by Gasteiger charge is 2.25. The summed E-state index contributed by atoms with van der Waals surface area (Å²) >= 11 is 0. The van der Waals surface area contributed by atoms with Crippen molar-refractivity contribution in [2.45, 2.75) is 26.4 Å². The zero-order valence-corrected chi connectivity index (χ0v) is 14.2. The van der Waals surface area contributed by atoms with Gasteiger partial charge in [0.1, 0.15) is 0 Å². The molecule has 1 aromatic carbocycles. The number of carbonyl (C=O) groups is 1. The standard InChI is InChI=1S/C17H22N4O3/c1-12-10-21(15-6-4-14(5-7-15)17(22)23-3)9-8-20(12)11-16-18-13(2)19-24-16/h4-7,12H,8-11H2,1-3H3/t12-/m1/s1. The van der Waals surface area contributed by atoms with Gasteiger partial charge in [-0.2, -0.15) is 4.98 Å². The maximum absolute atomic E-state index is 11.5. The van der Waals surface area contributed by atoms with Crippen LogP contribution in [-0.2, 0) is 11.3 Å². The smallest absolute Gasteiger partial charge is 0.337 e. The van der Waals surface area contributed by atoms with Gasteiger partial charge in [0.15, 0.2) is 5.82 Å². The van der Waals surface area contributed by atoms with Gasteiger partial charge in [0.25, 0.3) is 0 Å². The second-order valence-corrected chi connectivity index (χ2v) is 6.04. The monoisotopic (exact) mass is 330 g/mol. The van der Waals surface area contributed by atoms with Gasteiger partial charge in [0.05, 0.1) is 19.2 Å². The van der Waals surface area contributed by atoms with E-state index in [1.54, 1.807) is 12.1 Å². The highest BCUT2D eigenvalue weighted by atomic mass is 16.5. The largest absolute Gasteiger partial charge is 0.465 e. The highest BCUT2D eigenvalue weighted by molar-refractivity contribution is 5.89. The molecule has 1 aliphatic rings. The molecular weight excluding hydrogens is 308 g/mol. The molecule has 1 fully saturated rings. The van der Waals surface area contributed by atoms with E-state index >= 15 is 0 Å². The Morgan fingerprint density at radius 2 is 2.08 bits per heavy atom. The first-order chi connectivity index (χ1) is 11.6. The molecular formula is C17H22N4O3. The molecule has 0 N–H and O–H groups in total. The molecule has 1 saturated heterocycles. The van der Waals surface area contributed by atoms with Crippen molar-refractivity contribution in [1.82, 2.24) is 15.0 Å². The van der Waals surface area contributed by atoms with Crippen molar-refractivity contribution in [2.75, 3.05) is 31.6 Å². The van der Waals surface area contributed by atoms with Gasteiger partial charge in [-0.25, -0.2) is 4.79 Å². The summed E-state index contributed by atoms with van der Waals surface area (Å²) in [5.74, 6) is 1.02. The normalized spacial score (nSPS) is 18.6. The van der Waals surface area contributed by atoms with Crippen molar-refractivity contribution < 1.29 is 14.1 Å². The summed E-state index contributed by atoms with van der Waals surface area (Å²) in [5, 5.41) is 3.84. The van der Waals surface area contributed by atoms with Crippen LogP contribution in [0.3, 0.4) is 0 Å². The molecule has 7 heteroatoms. The van der Waals surface area contributed by atoms with E-state index in [1.807, 2.05) is 19.1 Å². The molecule has 1 atom stereocenters. The number of hydrogen-bond acceptors (Lipinski definition) is 7. The Labute approximate surface area is 141 Å². The van der Waals surface area contributed by atoms with E-state index in [2.05, 4.69) is 26.9 Å². The minimum Gasteiger partial charge on any atom is -0.465 e. The van der Waals surface area contributed by atoms with Crippen LogP contribution in [0.5, 0.6) is 0 Å². The average molecular weight is 330 g/mol. The molecule has 128 valence electrons. The van der Waals surface area contributed by atoms with Crippen LogP contribution < -0.4 is 4.90 Å². The van der Waals surface area contributed by atoms with Crippen molar-refractivity contribution >= 4 is 11.7 Å². The van der Waals surface area contributed by atoms with E-state index in [9.17, 15) is 4.79 Å². The van der Waals surface area contributed by atoms with Crippen LogP contribution in [0.4, 0.5) is 5.69 Å². The zero-order chi connectivity index (χ0) is 17.1. The van der Waals surface area contributed by atoms with E-state index in [1.165, 1.54) is 7.11 Å². The number of esters is 1. The van der Waals surface area contributed by atoms with Crippen LogP contribution in [0, 0.1) is 6.92 Å². The quantitative estimate of drug-likeness (QED) is 0.793. The highest BCUT2D eigenvalue weighted by Crippen LogP contribution is 2.21. The van der Waals surface area contributed by atoms with Gasteiger partial charge in [-0.3, -0.25) is 4.90 Å². The first-order valence-electron chi connectivity index (χ1n) is 8.03. The van der Waals surface area contributed by atoms with E-state index in [-0.39, 0.29) is 5.97 Å². The molecule has 0 bridgehead atoms. The van der Waals surface area contributed by atoms with Gasteiger partial charge in [0.2, 0.25) is 5.89 Å². The lowest BCUT2D eigenvalue weighted by Gasteiger charge is -2.40. The number of ether oxygens (including phenoxy) is 1. The topological polar surface area (TPSA) is 71.7 Å². The number of aryl methyl sites for hydroxylation is 1. The van der Waals surface area contributed by atoms with Gasteiger partial charge >= 0.3 is 5.97 Å². The van der Waals surface area contributed by atoms with Gasteiger partial charge in [-0.15, -0.1) is 0 Å². The molecule has 24 heavy (non-hydrogen) atoms. The third kappa shape index (κ3) is 3.56. The van der Waals surface area contributed by atoms with Gasteiger partial charge in [0, 0.05) is 31.4 Å². The van der Waals surface area contributed by atoms with Crippen LogP contribution in [0.25, 0.3) is 0 Å². The molecule has 0 unspecified atom stereocenters. The predicted molar refractivity (Wildman–Crippen MR) is 88.9 cm³/mol. The molecule has 0 saturated carbocycles. The molecule has 0 aliphatic carbocycles. The number of anilines is 1. The number of nitrogens with zero attached hydrogens (tertiary/aromatic N) is 4. The Kier molecular flexibility index (Phi) is 4.80. The van der Waals surface area contributed by atoms with Crippen LogP contribution in [0.2, 0.25) is 0 Å². The minimum absolute atomic E-state index is 0.311. The number of aromatic nitrogens is 2. The fourth-order valence-corrected chi connectivity index (χ4v) is 2.97. The van der Waals surface area contributed by atoms with Gasteiger partial charge < -0.3 is 14.2 Å². The number of benzene rings is 1. The lowest BCUT2D eigenvalue weighted by molar-refractivity contribution is 0.0600. The maximum atomic E-state index is 11.5. The molecule has 1 aromatic heterocycles. The molecule has 0 amide bonds. The fourth-order valence-electron chi connectivity index (χ4n) is 2.97. The summed E-state index contributed by atoms with van der Waals surface area (Å²) in [6.07, 6.45) is 0. The summed E-state index contributed by atoms with van der Waals surface area (Å²) < 4.78 is 9.94. The van der Waals surface area contributed by atoms with Crippen LogP contribution in [-0.4, -0.2) is 53.8 Å². The lowest BCUT2D eigenvalue weighted by Crippen LogP contribution is -2.51. The lowest BCUT2D eigenvalue weighted by atomic mass is 10.1. The summed E-state index contributed by atoms with van der Waals surface area (Å²) in [6, 6.07) is 7.91. The summed E-state index contributed by atoms with van der Waals surface area (Å²) in [6.45, 7) is 7.43. The Balaban J connectivity index is 1.61. The summed E-state index contributed by atoms with van der Waals surface area (Å²) in [4.78, 5) is 20.4. The van der Waals surface area contributed by atoms with Crippen molar-refractivity contribution in [1.29, 1.82) is 0 Å². The van der Waals surface area contributed by atoms with Crippen molar-refractivity contribution in [3.63, 3.8) is 0 Å². The minimum atomic E-state index is -0.311. The van der Waals surface area contributed by atoms with Crippen LogP contribution >= 0.6 is 0 Å². The summed E-state index contributed by atoms with van der Waals surface area (Å²) in [5.41, 5.74) is 1.68. The molecule has 2 heterocycles. The Morgan fingerprint density at radius 1 is 1.33 bits per heavy atom. The third-order valence-corrected chi connectivity index (χ3v) is 4.33. The predicted octanol–water partition coefficient (Wildman–Crippen LogP) is 1.88. The van der Waals surface area contributed by atoms with Crippen molar-refractivity contribution in [3.05, 3.63) is 41.5 Å². The second-order valence-electron chi connectivity index (χ2n) is 6.04. The van der Waals surface area contributed by atoms with Crippen molar-refractivity contribution in [2.24, 2.45) is 0 Å². The Bertz CT molecular complexity index is 698. The van der Waals surface area contributed by atoms with E-state index < -0.39 is 0 Å². The van der Waals surface area contributed by atoms with Crippen molar-refractivity contribution in [3.8, 4) is 0 Å².